The molecular weight excluding hydrogens is 184 g/mol. The lowest BCUT2D eigenvalue weighted by atomic mass is 10.0. The van der Waals surface area contributed by atoms with Crippen molar-refractivity contribution in [2.24, 2.45) is 5.92 Å². The normalized spacial score (nSPS) is 35.1. The van der Waals surface area contributed by atoms with Crippen LogP contribution in [0.25, 0.3) is 0 Å². The van der Waals surface area contributed by atoms with Gasteiger partial charge in [0.05, 0.1) is 0 Å². The molecule has 1 saturated carbocycles. The van der Waals surface area contributed by atoms with E-state index >= 15 is 0 Å². The van der Waals surface area contributed by atoms with Crippen molar-refractivity contribution in [1.29, 1.82) is 0 Å². The van der Waals surface area contributed by atoms with Crippen molar-refractivity contribution in [3.63, 3.8) is 0 Å². The Hall–Kier alpha value is -0.340. The molecule has 2 heteroatoms. The van der Waals surface area contributed by atoms with Crippen LogP contribution >= 0.6 is 0 Å². The van der Waals surface area contributed by atoms with Crippen molar-refractivity contribution >= 4 is 0 Å². The molecule has 0 radical (unpaired) electrons. The molecule has 2 rings (SSSR count). The van der Waals surface area contributed by atoms with Gasteiger partial charge in [0, 0.05) is 31.2 Å². The topological polar surface area (TPSA) is 15.3 Å². The summed E-state index contributed by atoms with van der Waals surface area (Å²) in [6.07, 6.45) is 6.04. The van der Waals surface area contributed by atoms with E-state index in [1.807, 2.05) is 6.08 Å². The van der Waals surface area contributed by atoms with Crippen molar-refractivity contribution in [2.75, 3.05) is 13.1 Å². The molecule has 1 heterocycles. The predicted molar refractivity (Wildman–Crippen MR) is 65.0 cm³/mol. The van der Waals surface area contributed by atoms with Crippen molar-refractivity contribution in [3.05, 3.63) is 12.7 Å². The number of hydrogen-bond donors (Lipinski definition) is 1. The fourth-order valence-corrected chi connectivity index (χ4v) is 2.72. The van der Waals surface area contributed by atoms with Crippen molar-refractivity contribution in [2.45, 2.75) is 51.2 Å². The molecule has 3 unspecified atom stereocenters. The van der Waals surface area contributed by atoms with E-state index in [1.54, 1.807) is 0 Å². The maximum Gasteiger partial charge on any atom is 0.0224 e. The molecule has 0 aromatic rings. The zero-order valence-electron chi connectivity index (χ0n) is 10.1. The molecule has 0 aromatic heterocycles. The summed E-state index contributed by atoms with van der Waals surface area (Å²) in [5, 5.41) is 3.69. The quantitative estimate of drug-likeness (QED) is 0.711. The monoisotopic (exact) mass is 208 g/mol. The van der Waals surface area contributed by atoms with Gasteiger partial charge in [0.15, 0.2) is 0 Å². The second kappa shape index (κ2) is 4.67. The van der Waals surface area contributed by atoms with E-state index in [0.717, 1.165) is 24.9 Å². The van der Waals surface area contributed by atoms with Gasteiger partial charge < -0.3 is 5.32 Å². The Morgan fingerprint density at radius 2 is 2.27 bits per heavy atom. The molecule has 0 amide bonds. The van der Waals surface area contributed by atoms with E-state index in [4.69, 9.17) is 0 Å². The van der Waals surface area contributed by atoms with Crippen LogP contribution in [-0.4, -0.2) is 36.1 Å². The molecule has 86 valence electrons. The zero-order chi connectivity index (χ0) is 10.8. The third-order valence-corrected chi connectivity index (χ3v) is 3.91. The van der Waals surface area contributed by atoms with E-state index in [-0.39, 0.29) is 0 Å². The lowest BCUT2D eigenvalue weighted by molar-refractivity contribution is 0.0936. The Morgan fingerprint density at radius 1 is 1.53 bits per heavy atom. The highest BCUT2D eigenvalue weighted by molar-refractivity contribution is 4.95. The fourth-order valence-electron chi connectivity index (χ4n) is 2.72. The molecule has 2 fully saturated rings. The summed E-state index contributed by atoms with van der Waals surface area (Å²) < 4.78 is 0. The molecule has 0 aromatic carbocycles. The molecule has 2 aliphatic rings. The van der Waals surface area contributed by atoms with Crippen LogP contribution in [0, 0.1) is 5.92 Å². The summed E-state index contributed by atoms with van der Waals surface area (Å²) >= 11 is 0. The zero-order valence-corrected chi connectivity index (χ0v) is 10.1. The van der Waals surface area contributed by atoms with Gasteiger partial charge in [-0.15, -0.1) is 6.58 Å². The molecule has 0 bridgehead atoms. The standard InChI is InChI=1S/C13H24N2/c1-4-5-10(2)15-9-13(12-6-7-12)14-8-11(15)3/h4,10-14H,1,5-9H2,2-3H3. The average molecular weight is 208 g/mol. The largest absolute Gasteiger partial charge is 0.311 e. The maximum absolute atomic E-state index is 3.84. The predicted octanol–water partition coefficient (Wildman–Crippen LogP) is 2.02. The highest BCUT2D eigenvalue weighted by Crippen LogP contribution is 2.34. The van der Waals surface area contributed by atoms with Gasteiger partial charge >= 0.3 is 0 Å². The summed E-state index contributed by atoms with van der Waals surface area (Å²) in [7, 11) is 0. The van der Waals surface area contributed by atoms with E-state index in [2.05, 4.69) is 30.6 Å². The minimum Gasteiger partial charge on any atom is -0.311 e. The lowest BCUT2D eigenvalue weighted by Crippen LogP contribution is -2.58. The van der Waals surface area contributed by atoms with Crippen molar-refractivity contribution in [3.8, 4) is 0 Å². The second-order valence-corrected chi connectivity index (χ2v) is 5.27. The number of hydrogen-bond acceptors (Lipinski definition) is 2. The summed E-state index contributed by atoms with van der Waals surface area (Å²) in [6.45, 7) is 10.9. The van der Waals surface area contributed by atoms with Gasteiger partial charge in [-0.3, -0.25) is 4.90 Å². The maximum atomic E-state index is 3.84. The van der Waals surface area contributed by atoms with Gasteiger partial charge in [-0.2, -0.15) is 0 Å². The van der Waals surface area contributed by atoms with Crippen LogP contribution in [0.4, 0.5) is 0 Å². The molecule has 3 atom stereocenters. The van der Waals surface area contributed by atoms with E-state index in [9.17, 15) is 0 Å². The highest BCUT2D eigenvalue weighted by Gasteiger charge is 2.36. The van der Waals surface area contributed by atoms with Crippen LogP contribution in [-0.2, 0) is 0 Å². The van der Waals surface area contributed by atoms with E-state index in [1.165, 1.54) is 19.4 Å². The first-order valence-electron chi connectivity index (χ1n) is 6.32. The third kappa shape index (κ3) is 2.61. The molecular formula is C13H24N2. The van der Waals surface area contributed by atoms with E-state index in [0.29, 0.717) is 12.1 Å². The van der Waals surface area contributed by atoms with Crippen LogP contribution < -0.4 is 5.32 Å². The van der Waals surface area contributed by atoms with E-state index < -0.39 is 0 Å². The summed E-state index contributed by atoms with van der Waals surface area (Å²) in [5.74, 6) is 0.968. The van der Waals surface area contributed by atoms with Crippen molar-refractivity contribution < 1.29 is 0 Å². The molecule has 1 aliphatic heterocycles. The van der Waals surface area contributed by atoms with Crippen LogP contribution in [0.5, 0.6) is 0 Å². The Labute approximate surface area is 93.7 Å². The van der Waals surface area contributed by atoms with Crippen LogP contribution in [0.2, 0.25) is 0 Å². The minimum absolute atomic E-state index is 0.654. The summed E-state index contributed by atoms with van der Waals surface area (Å²) in [6, 6.07) is 2.09. The number of nitrogens with zero attached hydrogens (tertiary/aromatic N) is 1. The molecule has 1 saturated heterocycles. The fraction of sp³-hybridized carbons (Fsp3) is 0.846. The van der Waals surface area contributed by atoms with Gasteiger partial charge in [-0.25, -0.2) is 0 Å². The van der Waals surface area contributed by atoms with Crippen LogP contribution in [0.15, 0.2) is 12.7 Å². The van der Waals surface area contributed by atoms with Crippen molar-refractivity contribution in [1.82, 2.24) is 10.2 Å². The molecule has 1 aliphatic carbocycles. The molecule has 2 nitrogen and oxygen atoms in total. The molecule has 1 N–H and O–H groups in total. The Bertz CT molecular complexity index is 223. The van der Waals surface area contributed by atoms with Crippen LogP contribution in [0.1, 0.15) is 33.1 Å². The van der Waals surface area contributed by atoms with Gasteiger partial charge in [0.2, 0.25) is 0 Å². The summed E-state index contributed by atoms with van der Waals surface area (Å²) in [4.78, 5) is 2.65. The number of piperazine rings is 1. The average Bonchev–Trinajstić information content (AvgIpc) is 3.02. The van der Waals surface area contributed by atoms with Gasteiger partial charge in [0.25, 0.3) is 0 Å². The molecule has 15 heavy (non-hydrogen) atoms. The summed E-state index contributed by atoms with van der Waals surface area (Å²) in [5.41, 5.74) is 0. The third-order valence-electron chi connectivity index (χ3n) is 3.91. The molecule has 0 spiro atoms. The van der Waals surface area contributed by atoms with Gasteiger partial charge in [0.1, 0.15) is 0 Å². The lowest BCUT2D eigenvalue weighted by Gasteiger charge is -2.42. The number of nitrogens with one attached hydrogen (secondary N) is 1. The second-order valence-electron chi connectivity index (χ2n) is 5.27. The SMILES string of the molecule is C=CCC(C)N1CC(C2CC2)NCC1C. The van der Waals surface area contributed by atoms with Gasteiger partial charge in [-0.05, 0) is 39.0 Å². The first kappa shape index (κ1) is 11.2. The Morgan fingerprint density at radius 3 is 2.87 bits per heavy atom. The minimum atomic E-state index is 0.654. The van der Waals surface area contributed by atoms with Gasteiger partial charge in [-0.1, -0.05) is 6.08 Å². The first-order chi connectivity index (χ1) is 7.22. The Balaban J connectivity index is 1.91. The highest BCUT2D eigenvalue weighted by atomic mass is 15.2. The first-order valence-corrected chi connectivity index (χ1v) is 6.32. The Kier molecular flexibility index (Phi) is 3.47. The number of rotatable bonds is 4. The van der Waals surface area contributed by atoms with Crippen LogP contribution in [0.3, 0.4) is 0 Å². The smallest absolute Gasteiger partial charge is 0.0224 e.